The monoisotopic (exact) mass is 260 g/mol. The summed E-state index contributed by atoms with van der Waals surface area (Å²) in [6, 6.07) is 12.6. The maximum absolute atomic E-state index is 5.87. The summed E-state index contributed by atoms with van der Waals surface area (Å²) in [6.45, 7) is 6.30. The summed E-state index contributed by atoms with van der Waals surface area (Å²) in [6.07, 6.45) is 0. The normalized spacial score (nSPS) is 11.7. The average molecular weight is 260 g/mol. The van der Waals surface area contributed by atoms with E-state index in [4.69, 9.17) is 5.73 Å². The number of nitrogens with two attached hydrogens (primary N) is 1. The molecular weight excluding hydrogens is 240 g/mol. The predicted octanol–water partition coefficient (Wildman–Crippen LogP) is 3.40. The highest BCUT2D eigenvalue weighted by molar-refractivity contribution is 7.10. The minimum absolute atomic E-state index is 0.132. The molecule has 2 rings (SSSR count). The highest BCUT2D eigenvalue weighted by atomic mass is 32.1. The van der Waals surface area contributed by atoms with Crippen LogP contribution in [0.25, 0.3) is 0 Å². The van der Waals surface area contributed by atoms with Crippen molar-refractivity contribution in [3.05, 3.63) is 52.2 Å². The Morgan fingerprint density at radius 1 is 1.17 bits per heavy atom. The van der Waals surface area contributed by atoms with Gasteiger partial charge in [0.15, 0.2) is 0 Å². The van der Waals surface area contributed by atoms with Crippen molar-refractivity contribution in [1.82, 2.24) is 5.32 Å². The van der Waals surface area contributed by atoms with Gasteiger partial charge in [-0.2, -0.15) is 0 Å². The smallest absolute Gasteiger partial charge is 0.0468 e. The Morgan fingerprint density at radius 2 is 1.89 bits per heavy atom. The van der Waals surface area contributed by atoms with Crippen LogP contribution in [0.15, 0.2) is 41.8 Å². The van der Waals surface area contributed by atoms with Gasteiger partial charge >= 0.3 is 0 Å². The highest BCUT2D eigenvalue weighted by Gasteiger charge is 2.19. The lowest BCUT2D eigenvalue weighted by Crippen LogP contribution is -2.32. The van der Waals surface area contributed by atoms with Crippen LogP contribution in [0.5, 0.6) is 0 Å². The van der Waals surface area contributed by atoms with E-state index in [1.54, 1.807) is 11.3 Å². The average Bonchev–Trinajstić information content (AvgIpc) is 2.76. The lowest BCUT2D eigenvalue weighted by atomic mass is 9.84. The molecule has 1 aromatic carbocycles. The maximum atomic E-state index is 5.87. The summed E-state index contributed by atoms with van der Waals surface area (Å²) < 4.78 is 0. The fourth-order valence-corrected chi connectivity index (χ4v) is 2.74. The zero-order valence-electron chi connectivity index (χ0n) is 10.9. The molecule has 2 nitrogen and oxygen atoms in total. The summed E-state index contributed by atoms with van der Waals surface area (Å²) in [5.74, 6) is 0. The third-order valence-corrected chi connectivity index (χ3v) is 4.12. The van der Waals surface area contributed by atoms with Crippen LogP contribution < -0.4 is 11.1 Å². The van der Waals surface area contributed by atoms with Gasteiger partial charge in [-0.25, -0.2) is 0 Å². The van der Waals surface area contributed by atoms with Crippen molar-refractivity contribution < 1.29 is 0 Å². The molecule has 0 aliphatic rings. The Balaban J connectivity index is 1.92. The van der Waals surface area contributed by atoms with Crippen molar-refractivity contribution in [3.8, 4) is 0 Å². The third kappa shape index (κ3) is 3.12. The van der Waals surface area contributed by atoms with Crippen LogP contribution in [0.2, 0.25) is 0 Å². The van der Waals surface area contributed by atoms with Crippen LogP contribution in [-0.4, -0.2) is 6.54 Å². The first-order chi connectivity index (χ1) is 8.59. The van der Waals surface area contributed by atoms with Crippen molar-refractivity contribution in [1.29, 1.82) is 0 Å². The van der Waals surface area contributed by atoms with Crippen molar-refractivity contribution in [2.45, 2.75) is 25.8 Å². The fraction of sp³-hybridized carbons (Fsp3) is 0.333. The summed E-state index contributed by atoms with van der Waals surface area (Å²) in [5.41, 5.74) is 8.26. The van der Waals surface area contributed by atoms with Gasteiger partial charge in [0.2, 0.25) is 0 Å². The van der Waals surface area contributed by atoms with Crippen molar-refractivity contribution in [3.63, 3.8) is 0 Å². The number of benzene rings is 1. The summed E-state index contributed by atoms with van der Waals surface area (Å²) in [7, 11) is 0. The van der Waals surface area contributed by atoms with E-state index in [0.717, 1.165) is 18.8 Å². The van der Waals surface area contributed by atoms with Gasteiger partial charge in [-0.05, 0) is 17.0 Å². The van der Waals surface area contributed by atoms with E-state index in [9.17, 15) is 0 Å². The van der Waals surface area contributed by atoms with Gasteiger partial charge in [0, 0.05) is 29.1 Å². The number of anilines is 1. The molecular formula is C15H20N2S. The van der Waals surface area contributed by atoms with E-state index >= 15 is 0 Å². The molecule has 0 bridgehead atoms. The molecule has 0 radical (unpaired) electrons. The van der Waals surface area contributed by atoms with Crippen LogP contribution in [0.3, 0.4) is 0 Å². The van der Waals surface area contributed by atoms with Gasteiger partial charge in [0.05, 0.1) is 0 Å². The minimum Gasteiger partial charge on any atom is -0.398 e. The maximum Gasteiger partial charge on any atom is 0.0468 e. The van der Waals surface area contributed by atoms with Crippen molar-refractivity contribution >= 4 is 17.0 Å². The quantitative estimate of drug-likeness (QED) is 0.864. The minimum atomic E-state index is 0.132. The molecule has 3 heteroatoms. The first-order valence-corrected chi connectivity index (χ1v) is 7.06. The summed E-state index contributed by atoms with van der Waals surface area (Å²) >= 11 is 1.71. The first kappa shape index (κ1) is 13.1. The van der Waals surface area contributed by atoms with Crippen LogP contribution in [0, 0.1) is 0 Å². The molecule has 2 aromatic rings. The lowest BCUT2D eigenvalue weighted by molar-refractivity contribution is 0.470. The molecule has 3 N–H and O–H groups in total. The van der Waals surface area contributed by atoms with Gasteiger partial charge in [-0.15, -0.1) is 11.3 Å². The molecule has 0 fully saturated rings. The van der Waals surface area contributed by atoms with E-state index in [1.165, 1.54) is 10.4 Å². The van der Waals surface area contributed by atoms with Crippen LogP contribution in [-0.2, 0) is 12.0 Å². The molecule has 0 aliphatic heterocycles. The largest absolute Gasteiger partial charge is 0.398 e. The summed E-state index contributed by atoms with van der Waals surface area (Å²) in [4.78, 5) is 1.22. The molecule has 96 valence electrons. The molecule has 0 aliphatic carbocycles. The topological polar surface area (TPSA) is 38.0 Å². The van der Waals surface area contributed by atoms with Crippen LogP contribution >= 0.6 is 11.3 Å². The van der Waals surface area contributed by atoms with E-state index in [-0.39, 0.29) is 5.41 Å². The molecule has 0 amide bonds. The van der Waals surface area contributed by atoms with Gasteiger partial charge in [0.1, 0.15) is 0 Å². The summed E-state index contributed by atoms with van der Waals surface area (Å²) in [5, 5.41) is 5.53. The predicted molar refractivity (Wildman–Crippen MR) is 79.9 cm³/mol. The first-order valence-electron chi connectivity index (χ1n) is 6.18. The lowest BCUT2D eigenvalue weighted by Gasteiger charge is -2.25. The van der Waals surface area contributed by atoms with Gasteiger partial charge in [0.25, 0.3) is 0 Å². The number of thiophene rings is 1. The van der Waals surface area contributed by atoms with Crippen LogP contribution in [0.1, 0.15) is 24.3 Å². The fourth-order valence-electron chi connectivity index (χ4n) is 1.97. The van der Waals surface area contributed by atoms with Gasteiger partial charge in [-0.1, -0.05) is 44.2 Å². The molecule has 1 aromatic heterocycles. The molecule has 18 heavy (non-hydrogen) atoms. The second-order valence-electron chi connectivity index (χ2n) is 5.15. The van der Waals surface area contributed by atoms with E-state index in [2.05, 4.69) is 49.5 Å². The number of nitrogen functional groups attached to an aromatic ring is 1. The molecule has 0 saturated heterocycles. The SMILES string of the molecule is CC(C)(CNCc1sccc1N)c1ccccc1. The van der Waals surface area contributed by atoms with E-state index in [0.29, 0.717) is 0 Å². The van der Waals surface area contributed by atoms with Gasteiger partial charge < -0.3 is 11.1 Å². The zero-order valence-corrected chi connectivity index (χ0v) is 11.8. The van der Waals surface area contributed by atoms with Crippen molar-refractivity contribution in [2.75, 3.05) is 12.3 Å². The standard InChI is InChI=1S/C15H20N2S/c1-15(2,12-6-4-3-5-7-12)11-17-10-14-13(16)8-9-18-14/h3-9,17H,10-11,16H2,1-2H3. The van der Waals surface area contributed by atoms with Gasteiger partial charge in [-0.3, -0.25) is 0 Å². The number of hydrogen-bond acceptors (Lipinski definition) is 3. The molecule has 0 atom stereocenters. The third-order valence-electron chi connectivity index (χ3n) is 3.19. The van der Waals surface area contributed by atoms with E-state index < -0.39 is 0 Å². The Morgan fingerprint density at radius 3 is 2.50 bits per heavy atom. The second kappa shape index (κ2) is 5.55. The zero-order chi connectivity index (χ0) is 13.0. The highest BCUT2D eigenvalue weighted by Crippen LogP contribution is 2.23. The Labute approximate surface area is 113 Å². The number of nitrogens with one attached hydrogen (secondary N) is 1. The Kier molecular flexibility index (Phi) is 4.04. The molecule has 0 unspecified atom stereocenters. The van der Waals surface area contributed by atoms with Crippen LogP contribution in [0.4, 0.5) is 5.69 Å². The number of rotatable bonds is 5. The Hall–Kier alpha value is -1.32. The second-order valence-corrected chi connectivity index (χ2v) is 6.15. The van der Waals surface area contributed by atoms with Crippen molar-refractivity contribution in [2.24, 2.45) is 0 Å². The molecule has 0 saturated carbocycles. The molecule has 1 heterocycles. The van der Waals surface area contributed by atoms with E-state index in [1.807, 2.05) is 11.4 Å². The molecule has 0 spiro atoms. The Bertz CT molecular complexity index is 488. The number of hydrogen-bond donors (Lipinski definition) is 2.